The maximum atomic E-state index is 12.5. The molecule has 0 saturated heterocycles. The highest BCUT2D eigenvalue weighted by atomic mass is 35.5. The summed E-state index contributed by atoms with van der Waals surface area (Å²) in [5.74, 6) is -1.06. The number of carboxylic acids is 1. The Morgan fingerprint density at radius 3 is 2.52 bits per heavy atom. The predicted molar refractivity (Wildman–Crippen MR) is 109 cm³/mol. The molecule has 4 aromatic rings. The molecule has 2 aromatic heterocycles. The molecule has 0 amide bonds. The predicted octanol–water partition coefficient (Wildman–Crippen LogP) is 5.15. The van der Waals surface area contributed by atoms with Crippen molar-refractivity contribution in [3.8, 4) is 5.69 Å². The summed E-state index contributed by atoms with van der Waals surface area (Å²) in [5, 5.41) is 14.0. The van der Waals surface area contributed by atoms with Crippen LogP contribution in [-0.2, 0) is 0 Å². The van der Waals surface area contributed by atoms with Gasteiger partial charge in [-0.25, -0.2) is 4.79 Å². The minimum absolute atomic E-state index is 0.125. The third kappa shape index (κ3) is 3.20. The van der Waals surface area contributed by atoms with Crippen LogP contribution in [0.5, 0.6) is 0 Å². The number of benzene rings is 2. The van der Waals surface area contributed by atoms with Gasteiger partial charge in [-0.15, -0.1) is 11.3 Å². The summed E-state index contributed by atoms with van der Waals surface area (Å²) >= 11 is 7.09. The van der Waals surface area contributed by atoms with Gasteiger partial charge in [-0.05, 0) is 36.4 Å². The first-order chi connectivity index (χ1) is 13.0. The Kier molecular flexibility index (Phi) is 4.43. The molecule has 0 unspecified atom stereocenters. The van der Waals surface area contributed by atoms with Gasteiger partial charge in [-0.3, -0.25) is 9.36 Å². The maximum absolute atomic E-state index is 12.5. The highest BCUT2D eigenvalue weighted by Gasteiger charge is 2.21. The number of nitrogens with one attached hydrogen (secondary N) is 1. The van der Waals surface area contributed by atoms with Gasteiger partial charge in [-0.1, -0.05) is 35.9 Å². The van der Waals surface area contributed by atoms with E-state index in [1.54, 1.807) is 30.3 Å². The van der Waals surface area contributed by atoms with Crippen LogP contribution in [0.1, 0.15) is 9.67 Å². The van der Waals surface area contributed by atoms with Crippen LogP contribution in [0.2, 0.25) is 5.02 Å². The second-order valence-electron chi connectivity index (χ2n) is 5.81. The molecule has 0 bridgehead atoms. The number of aromatic nitrogens is 1. The average Bonchev–Trinajstić information content (AvgIpc) is 3.01. The fourth-order valence-corrected chi connectivity index (χ4v) is 4.19. The van der Waals surface area contributed by atoms with E-state index in [4.69, 9.17) is 11.6 Å². The maximum Gasteiger partial charge on any atom is 0.348 e. The van der Waals surface area contributed by atoms with Crippen LogP contribution in [0, 0.1) is 0 Å². The van der Waals surface area contributed by atoms with Crippen LogP contribution in [-0.4, -0.2) is 15.6 Å². The number of hydrogen-bond acceptors (Lipinski definition) is 4. The topological polar surface area (TPSA) is 71.3 Å². The Balaban J connectivity index is 1.98. The third-order valence-corrected chi connectivity index (χ3v) is 5.46. The van der Waals surface area contributed by atoms with Gasteiger partial charge in [0.25, 0.3) is 5.56 Å². The van der Waals surface area contributed by atoms with Gasteiger partial charge in [0.05, 0.1) is 11.4 Å². The van der Waals surface area contributed by atoms with E-state index in [1.165, 1.54) is 10.6 Å². The van der Waals surface area contributed by atoms with E-state index in [0.29, 0.717) is 32.3 Å². The smallest absolute Gasteiger partial charge is 0.348 e. The third-order valence-electron chi connectivity index (χ3n) is 4.04. The van der Waals surface area contributed by atoms with Gasteiger partial charge in [0.1, 0.15) is 9.71 Å². The molecule has 0 atom stereocenters. The number of fused-ring (bicyclic) bond motifs is 1. The Morgan fingerprint density at radius 1 is 1.04 bits per heavy atom. The molecule has 0 aliphatic rings. The lowest BCUT2D eigenvalue weighted by Gasteiger charge is -2.09. The van der Waals surface area contributed by atoms with Crippen molar-refractivity contribution in [2.24, 2.45) is 0 Å². The molecule has 0 aliphatic carbocycles. The number of rotatable bonds is 4. The lowest BCUT2D eigenvalue weighted by atomic mass is 10.2. The summed E-state index contributed by atoms with van der Waals surface area (Å²) in [6, 6.07) is 19.3. The first kappa shape index (κ1) is 17.3. The van der Waals surface area contributed by atoms with E-state index in [-0.39, 0.29) is 10.4 Å². The Morgan fingerprint density at radius 2 is 1.81 bits per heavy atom. The molecule has 2 N–H and O–H groups in total. The summed E-state index contributed by atoms with van der Waals surface area (Å²) < 4.78 is 1.52. The summed E-state index contributed by atoms with van der Waals surface area (Å²) in [6.07, 6.45) is 0. The normalized spacial score (nSPS) is 10.9. The zero-order valence-electron chi connectivity index (χ0n) is 13.8. The van der Waals surface area contributed by atoms with Crippen molar-refractivity contribution in [1.29, 1.82) is 0 Å². The number of anilines is 2. The molecule has 2 aromatic carbocycles. The van der Waals surface area contributed by atoms with Crippen LogP contribution in [0.3, 0.4) is 0 Å². The van der Waals surface area contributed by atoms with Gasteiger partial charge in [-0.2, -0.15) is 0 Å². The van der Waals surface area contributed by atoms with E-state index in [2.05, 4.69) is 5.32 Å². The lowest BCUT2D eigenvalue weighted by molar-refractivity contribution is 0.0703. The molecule has 0 saturated carbocycles. The number of carbonyl (C=O) groups is 1. The van der Waals surface area contributed by atoms with Gasteiger partial charge >= 0.3 is 5.97 Å². The van der Waals surface area contributed by atoms with Crippen molar-refractivity contribution in [3.05, 3.63) is 87.0 Å². The van der Waals surface area contributed by atoms with Crippen LogP contribution >= 0.6 is 22.9 Å². The van der Waals surface area contributed by atoms with Crippen molar-refractivity contribution in [2.75, 3.05) is 5.32 Å². The summed E-state index contributed by atoms with van der Waals surface area (Å²) in [5.41, 5.74) is 1.57. The summed E-state index contributed by atoms with van der Waals surface area (Å²) in [7, 11) is 0. The lowest BCUT2D eigenvalue weighted by Crippen LogP contribution is -2.16. The van der Waals surface area contributed by atoms with E-state index >= 15 is 0 Å². The molecule has 0 radical (unpaired) electrons. The zero-order chi connectivity index (χ0) is 19.0. The quantitative estimate of drug-likeness (QED) is 0.500. The van der Waals surface area contributed by atoms with E-state index < -0.39 is 5.97 Å². The molecule has 4 rings (SSSR count). The van der Waals surface area contributed by atoms with E-state index in [0.717, 1.165) is 11.3 Å². The number of carboxylic acid groups (broad SMARTS) is 1. The van der Waals surface area contributed by atoms with Crippen molar-refractivity contribution in [1.82, 2.24) is 4.57 Å². The first-order valence-corrected chi connectivity index (χ1v) is 9.24. The van der Waals surface area contributed by atoms with Gasteiger partial charge in [0, 0.05) is 22.2 Å². The number of halogens is 1. The second kappa shape index (κ2) is 6.90. The molecule has 7 heteroatoms. The monoisotopic (exact) mass is 396 g/mol. The molecule has 27 heavy (non-hydrogen) atoms. The Labute approximate surface area is 163 Å². The van der Waals surface area contributed by atoms with Crippen molar-refractivity contribution >= 4 is 50.5 Å². The summed E-state index contributed by atoms with van der Waals surface area (Å²) in [4.78, 5) is 25.0. The largest absolute Gasteiger partial charge is 0.477 e. The number of thiophene rings is 1. The summed E-state index contributed by atoms with van der Waals surface area (Å²) in [6.45, 7) is 0. The highest BCUT2D eigenvalue weighted by molar-refractivity contribution is 7.21. The van der Waals surface area contributed by atoms with Crippen molar-refractivity contribution < 1.29 is 9.90 Å². The number of hydrogen-bond donors (Lipinski definition) is 2. The molecular weight excluding hydrogens is 384 g/mol. The number of nitrogens with zero attached hydrogens (tertiary/aromatic N) is 1. The molecular formula is C20H13ClN2O3S. The van der Waals surface area contributed by atoms with E-state index in [1.807, 2.05) is 30.3 Å². The van der Waals surface area contributed by atoms with Gasteiger partial charge in [0.2, 0.25) is 0 Å². The second-order valence-corrected chi connectivity index (χ2v) is 7.24. The standard InChI is InChI=1S/C20H13ClN2O3S/c21-12-5-4-6-13(11-12)22-17-15-9-10-16(24)23(14-7-2-1-3-8-14)19(15)27-18(17)20(25)26/h1-11,22H,(H,25,26). The number of pyridine rings is 1. The average molecular weight is 397 g/mol. The SMILES string of the molecule is O=C(O)c1sc2c(ccc(=O)n2-c2ccccc2)c1Nc1cccc(Cl)c1. The van der Waals surface area contributed by atoms with Crippen molar-refractivity contribution in [3.63, 3.8) is 0 Å². The van der Waals surface area contributed by atoms with Crippen LogP contribution < -0.4 is 10.9 Å². The fourth-order valence-electron chi connectivity index (χ4n) is 2.89. The minimum Gasteiger partial charge on any atom is -0.477 e. The first-order valence-electron chi connectivity index (χ1n) is 8.04. The Bertz CT molecular complexity index is 1220. The fraction of sp³-hybridized carbons (Fsp3) is 0. The highest BCUT2D eigenvalue weighted by Crippen LogP contribution is 2.38. The molecule has 0 spiro atoms. The Hall–Kier alpha value is -3.09. The van der Waals surface area contributed by atoms with Crippen LogP contribution in [0.15, 0.2) is 71.5 Å². The molecule has 2 heterocycles. The van der Waals surface area contributed by atoms with Crippen LogP contribution in [0.25, 0.3) is 15.9 Å². The van der Waals surface area contributed by atoms with E-state index in [9.17, 15) is 14.7 Å². The molecule has 134 valence electrons. The number of aromatic carboxylic acids is 1. The van der Waals surface area contributed by atoms with Crippen LogP contribution in [0.4, 0.5) is 11.4 Å². The van der Waals surface area contributed by atoms with Gasteiger partial charge < -0.3 is 10.4 Å². The molecule has 0 aliphatic heterocycles. The molecule has 5 nitrogen and oxygen atoms in total. The molecule has 0 fully saturated rings. The van der Waals surface area contributed by atoms with Gasteiger partial charge in [0.15, 0.2) is 0 Å². The minimum atomic E-state index is -1.06. The zero-order valence-corrected chi connectivity index (χ0v) is 15.4. The number of para-hydroxylation sites is 1. The van der Waals surface area contributed by atoms with Crippen molar-refractivity contribution in [2.45, 2.75) is 0 Å².